The highest BCUT2D eigenvalue weighted by Crippen LogP contribution is 1.90. The number of hydrogen-bond donors (Lipinski definition) is 2. The number of aliphatic imine (C=N–C) groups is 1. The van der Waals surface area contributed by atoms with Gasteiger partial charge in [-0.05, 0) is 20.0 Å². The van der Waals surface area contributed by atoms with Crippen LogP contribution in [-0.4, -0.2) is 57.8 Å². The smallest absolute Gasteiger partial charge is 0.188 e. The first-order chi connectivity index (χ1) is 7.52. The third-order valence-corrected chi connectivity index (χ3v) is 1.86. The fraction of sp³-hybridized carbons (Fsp3) is 0.909. The van der Waals surface area contributed by atoms with Gasteiger partial charge in [0.25, 0.3) is 0 Å². The summed E-state index contributed by atoms with van der Waals surface area (Å²) in [4.78, 5) is 6.28. The van der Waals surface area contributed by atoms with Gasteiger partial charge in [-0.2, -0.15) is 0 Å². The van der Waals surface area contributed by atoms with Crippen molar-refractivity contribution in [2.24, 2.45) is 16.6 Å². The van der Waals surface area contributed by atoms with Crippen LogP contribution in [0.1, 0.15) is 13.8 Å². The minimum absolute atomic E-state index is 0.505. The molecule has 0 aliphatic carbocycles. The molecule has 0 spiro atoms. The second kappa shape index (κ2) is 9.42. The van der Waals surface area contributed by atoms with Crippen molar-refractivity contribution in [2.75, 3.05) is 46.9 Å². The molecule has 5 nitrogen and oxygen atoms in total. The molecule has 0 aromatic rings. The first-order valence-corrected chi connectivity index (χ1v) is 5.78. The maximum atomic E-state index is 5.66. The lowest BCUT2D eigenvalue weighted by atomic mass is 10.2. The van der Waals surface area contributed by atoms with Crippen molar-refractivity contribution in [3.05, 3.63) is 0 Å². The van der Waals surface area contributed by atoms with Crippen LogP contribution in [0.25, 0.3) is 0 Å². The Morgan fingerprint density at radius 3 is 2.62 bits per heavy atom. The van der Waals surface area contributed by atoms with Gasteiger partial charge in [0.05, 0.1) is 13.2 Å². The predicted molar refractivity (Wildman–Crippen MR) is 68.7 cm³/mol. The van der Waals surface area contributed by atoms with E-state index in [0.29, 0.717) is 25.0 Å². The van der Waals surface area contributed by atoms with Gasteiger partial charge in [-0.25, -0.2) is 0 Å². The summed E-state index contributed by atoms with van der Waals surface area (Å²) >= 11 is 0. The second-order valence-corrected chi connectivity index (χ2v) is 4.46. The zero-order valence-electron chi connectivity index (χ0n) is 11.0. The number of likely N-dealkylation sites (N-methyl/N-ethyl adjacent to an activating group) is 1. The summed E-state index contributed by atoms with van der Waals surface area (Å²) < 4.78 is 5.41. The number of nitrogens with one attached hydrogen (secondary N) is 1. The van der Waals surface area contributed by atoms with E-state index in [2.05, 4.69) is 29.1 Å². The Labute approximate surface area is 99.0 Å². The molecule has 0 amide bonds. The molecule has 96 valence electrons. The summed E-state index contributed by atoms with van der Waals surface area (Å²) in [5.74, 6) is 1.04. The second-order valence-electron chi connectivity index (χ2n) is 4.46. The third-order valence-electron chi connectivity index (χ3n) is 1.86. The molecule has 3 N–H and O–H groups in total. The Kier molecular flexibility index (Phi) is 8.94. The lowest BCUT2D eigenvalue weighted by Gasteiger charge is -2.10. The highest BCUT2D eigenvalue weighted by Gasteiger charge is 1.94. The van der Waals surface area contributed by atoms with Crippen molar-refractivity contribution in [1.82, 2.24) is 10.2 Å². The van der Waals surface area contributed by atoms with Crippen molar-refractivity contribution in [3.8, 4) is 0 Å². The van der Waals surface area contributed by atoms with Gasteiger partial charge in [0, 0.05) is 19.6 Å². The zero-order valence-corrected chi connectivity index (χ0v) is 11.0. The molecule has 0 unspecified atom stereocenters. The van der Waals surface area contributed by atoms with Crippen LogP contribution in [0, 0.1) is 5.92 Å². The van der Waals surface area contributed by atoms with E-state index in [1.807, 2.05) is 14.1 Å². The summed E-state index contributed by atoms with van der Waals surface area (Å²) in [6, 6.07) is 0. The molecule has 0 aromatic heterocycles. The number of nitrogens with zero attached hydrogens (tertiary/aromatic N) is 2. The van der Waals surface area contributed by atoms with E-state index in [4.69, 9.17) is 10.5 Å². The largest absolute Gasteiger partial charge is 0.378 e. The topological polar surface area (TPSA) is 62.9 Å². The molecular formula is C11H26N4O. The molecule has 0 aliphatic heterocycles. The number of nitrogens with two attached hydrogens (primary N) is 1. The van der Waals surface area contributed by atoms with Crippen LogP contribution in [0.15, 0.2) is 4.99 Å². The Morgan fingerprint density at radius 1 is 1.38 bits per heavy atom. The fourth-order valence-corrected chi connectivity index (χ4v) is 0.937. The number of guanidine groups is 1. The van der Waals surface area contributed by atoms with Crippen molar-refractivity contribution in [2.45, 2.75) is 13.8 Å². The van der Waals surface area contributed by atoms with Crippen molar-refractivity contribution in [1.29, 1.82) is 0 Å². The summed E-state index contributed by atoms with van der Waals surface area (Å²) in [7, 11) is 4.05. The van der Waals surface area contributed by atoms with E-state index in [-0.39, 0.29) is 0 Å². The average molecular weight is 230 g/mol. The quantitative estimate of drug-likeness (QED) is 0.353. The minimum atomic E-state index is 0.505. The summed E-state index contributed by atoms with van der Waals surface area (Å²) in [5, 5.41) is 3.02. The van der Waals surface area contributed by atoms with Crippen LogP contribution in [0.5, 0.6) is 0 Å². The van der Waals surface area contributed by atoms with Gasteiger partial charge >= 0.3 is 0 Å². The molecule has 5 heteroatoms. The van der Waals surface area contributed by atoms with Crippen LogP contribution in [0.4, 0.5) is 0 Å². The SMILES string of the molecule is CC(C)CN=C(N)NCCOCCN(C)C. The lowest BCUT2D eigenvalue weighted by Crippen LogP contribution is -2.35. The molecule has 16 heavy (non-hydrogen) atoms. The number of hydrogen-bond acceptors (Lipinski definition) is 3. The summed E-state index contributed by atoms with van der Waals surface area (Å²) in [6.45, 7) is 8.05. The molecule has 0 aromatic carbocycles. The maximum absolute atomic E-state index is 5.66. The van der Waals surface area contributed by atoms with Crippen LogP contribution in [0.3, 0.4) is 0 Å². The van der Waals surface area contributed by atoms with Gasteiger partial charge in [0.2, 0.25) is 0 Å². The molecule has 0 aliphatic rings. The third kappa shape index (κ3) is 11.3. The van der Waals surface area contributed by atoms with Crippen molar-refractivity contribution >= 4 is 5.96 Å². The van der Waals surface area contributed by atoms with Crippen LogP contribution < -0.4 is 11.1 Å². The first-order valence-electron chi connectivity index (χ1n) is 5.78. The molecule has 0 fully saturated rings. The van der Waals surface area contributed by atoms with E-state index < -0.39 is 0 Å². The molecule has 0 heterocycles. The van der Waals surface area contributed by atoms with E-state index >= 15 is 0 Å². The van der Waals surface area contributed by atoms with Crippen LogP contribution in [0.2, 0.25) is 0 Å². The monoisotopic (exact) mass is 230 g/mol. The number of ether oxygens (including phenoxy) is 1. The van der Waals surface area contributed by atoms with Gasteiger partial charge in [-0.3, -0.25) is 4.99 Å². The lowest BCUT2D eigenvalue weighted by molar-refractivity contribution is 0.122. The molecular weight excluding hydrogens is 204 g/mol. The highest BCUT2D eigenvalue weighted by molar-refractivity contribution is 5.77. The zero-order chi connectivity index (χ0) is 12.4. The van der Waals surface area contributed by atoms with Crippen LogP contribution in [-0.2, 0) is 4.74 Å². The Bertz CT molecular complexity index is 192. The fourth-order valence-electron chi connectivity index (χ4n) is 0.937. The molecule has 0 rings (SSSR count). The van der Waals surface area contributed by atoms with Gasteiger partial charge in [0.1, 0.15) is 0 Å². The maximum Gasteiger partial charge on any atom is 0.188 e. The van der Waals surface area contributed by atoms with Gasteiger partial charge in [0.15, 0.2) is 5.96 Å². The van der Waals surface area contributed by atoms with E-state index in [0.717, 1.165) is 19.7 Å². The minimum Gasteiger partial charge on any atom is -0.378 e. The van der Waals surface area contributed by atoms with Gasteiger partial charge < -0.3 is 20.7 Å². The van der Waals surface area contributed by atoms with Gasteiger partial charge in [-0.15, -0.1) is 0 Å². The van der Waals surface area contributed by atoms with E-state index in [1.54, 1.807) is 0 Å². The molecule has 0 saturated carbocycles. The normalized spacial score (nSPS) is 12.5. The highest BCUT2D eigenvalue weighted by atomic mass is 16.5. The molecule has 0 radical (unpaired) electrons. The van der Waals surface area contributed by atoms with Crippen molar-refractivity contribution < 1.29 is 4.74 Å². The molecule has 0 bridgehead atoms. The number of rotatable bonds is 8. The summed E-state index contributed by atoms with van der Waals surface area (Å²) in [6.07, 6.45) is 0. The Hall–Kier alpha value is -0.810. The van der Waals surface area contributed by atoms with E-state index in [9.17, 15) is 0 Å². The van der Waals surface area contributed by atoms with E-state index in [1.165, 1.54) is 0 Å². The Balaban J connectivity index is 3.34. The molecule has 0 saturated heterocycles. The van der Waals surface area contributed by atoms with Gasteiger partial charge in [-0.1, -0.05) is 13.8 Å². The first kappa shape index (κ1) is 15.2. The summed E-state index contributed by atoms with van der Waals surface area (Å²) in [5.41, 5.74) is 5.66. The van der Waals surface area contributed by atoms with Crippen molar-refractivity contribution in [3.63, 3.8) is 0 Å². The van der Waals surface area contributed by atoms with Crippen LogP contribution >= 0.6 is 0 Å². The molecule has 0 atom stereocenters. The Morgan fingerprint density at radius 2 is 2.06 bits per heavy atom. The average Bonchev–Trinajstić information content (AvgIpc) is 2.19. The standard InChI is InChI=1S/C11H26N4O/c1-10(2)9-14-11(12)13-5-7-16-8-6-15(3)4/h10H,5-9H2,1-4H3,(H3,12,13,14). The predicted octanol–water partition coefficient (Wildman–Crippen LogP) is 0.125.